The lowest BCUT2D eigenvalue weighted by Crippen LogP contribution is -2.46. The minimum atomic E-state index is -1.02. The first kappa shape index (κ1) is 16.3. The average molecular weight is 297 g/mol. The molecule has 20 heavy (non-hydrogen) atoms. The van der Waals surface area contributed by atoms with Gasteiger partial charge in [0.1, 0.15) is 6.04 Å². The zero-order valence-electron chi connectivity index (χ0n) is 11.5. The van der Waals surface area contributed by atoms with Crippen LogP contribution in [0.15, 0.2) is 24.5 Å². The normalized spacial score (nSPS) is 13.3. The Morgan fingerprint density at radius 1 is 1.35 bits per heavy atom. The van der Waals surface area contributed by atoms with Gasteiger partial charge in [-0.3, -0.25) is 4.98 Å². The Morgan fingerprint density at radius 2 is 2.00 bits per heavy atom. The van der Waals surface area contributed by atoms with Crippen LogP contribution in [0.25, 0.3) is 0 Å². The Labute approximate surface area is 122 Å². The van der Waals surface area contributed by atoms with Crippen molar-refractivity contribution in [3.05, 3.63) is 30.1 Å². The van der Waals surface area contributed by atoms with Gasteiger partial charge in [0.2, 0.25) is 0 Å². The molecule has 3 N–H and O–H groups in total. The number of aliphatic carboxylic acids is 1. The van der Waals surface area contributed by atoms with Crippen molar-refractivity contribution in [1.29, 1.82) is 0 Å². The van der Waals surface area contributed by atoms with Gasteiger partial charge in [0, 0.05) is 12.4 Å². The second-order valence-electron chi connectivity index (χ2n) is 4.29. The van der Waals surface area contributed by atoms with E-state index in [1.165, 1.54) is 0 Å². The number of hydrogen-bond acceptors (Lipinski definition) is 4. The van der Waals surface area contributed by atoms with Gasteiger partial charge in [-0.05, 0) is 43.0 Å². The molecule has 0 aromatic carbocycles. The molecule has 2 amide bonds. The zero-order chi connectivity index (χ0) is 15.0. The summed E-state index contributed by atoms with van der Waals surface area (Å²) in [5.74, 6) is -0.345. The average Bonchev–Trinajstić information content (AvgIpc) is 2.44. The fourth-order valence-corrected chi connectivity index (χ4v) is 2.10. The highest BCUT2D eigenvalue weighted by molar-refractivity contribution is 7.98. The number of thioether (sulfide) groups is 1. The van der Waals surface area contributed by atoms with Crippen molar-refractivity contribution in [2.45, 2.75) is 25.4 Å². The molecule has 0 spiro atoms. The molecule has 0 aliphatic carbocycles. The van der Waals surface area contributed by atoms with E-state index in [9.17, 15) is 9.59 Å². The summed E-state index contributed by atoms with van der Waals surface area (Å²) in [6.07, 6.45) is 5.58. The highest BCUT2D eigenvalue weighted by Crippen LogP contribution is 2.10. The highest BCUT2D eigenvalue weighted by atomic mass is 32.2. The third kappa shape index (κ3) is 5.48. The maximum absolute atomic E-state index is 11.8. The van der Waals surface area contributed by atoms with E-state index < -0.39 is 18.0 Å². The summed E-state index contributed by atoms with van der Waals surface area (Å²) in [7, 11) is 0. The summed E-state index contributed by atoms with van der Waals surface area (Å²) in [5, 5.41) is 14.2. The smallest absolute Gasteiger partial charge is 0.326 e. The molecule has 1 rings (SSSR count). The molecule has 6 nitrogen and oxygen atoms in total. The van der Waals surface area contributed by atoms with Crippen LogP contribution in [0.4, 0.5) is 4.79 Å². The van der Waals surface area contributed by atoms with Crippen molar-refractivity contribution >= 4 is 23.8 Å². The molecule has 0 aliphatic rings. The topological polar surface area (TPSA) is 91.3 Å². The lowest BCUT2D eigenvalue weighted by atomic mass is 10.1. The van der Waals surface area contributed by atoms with E-state index >= 15 is 0 Å². The van der Waals surface area contributed by atoms with Gasteiger partial charge in [-0.2, -0.15) is 11.8 Å². The molecule has 0 aliphatic heterocycles. The third-order valence-electron chi connectivity index (χ3n) is 2.77. The summed E-state index contributed by atoms with van der Waals surface area (Å²) in [6.45, 7) is 1.83. The van der Waals surface area contributed by atoms with E-state index in [4.69, 9.17) is 5.11 Å². The molecular weight excluding hydrogens is 278 g/mol. The molecule has 0 saturated carbocycles. The highest BCUT2D eigenvalue weighted by Gasteiger charge is 2.20. The second-order valence-corrected chi connectivity index (χ2v) is 5.28. The molecule has 0 bridgehead atoms. The van der Waals surface area contributed by atoms with Crippen molar-refractivity contribution in [2.24, 2.45) is 0 Å². The van der Waals surface area contributed by atoms with Gasteiger partial charge < -0.3 is 15.7 Å². The van der Waals surface area contributed by atoms with Crippen LogP contribution in [0.1, 0.15) is 24.9 Å². The largest absolute Gasteiger partial charge is 0.480 e. The number of pyridine rings is 1. The fourth-order valence-electron chi connectivity index (χ4n) is 1.63. The molecule has 2 atom stereocenters. The summed E-state index contributed by atoms with van der Waals surface area (Å²) in [6, 6.07) is 2.03. The fraction of sp³-hybridized carbons (Fsp3) is 0.462. The Morgan fingerprint density at radius 3 is 2.55 bits per heavy atom. The van der Waals surface area contributed by atoms with Gasteiger partial charge in [0.25, 0.3) is 0 Å². The number of nitrogens with one attached hydrogen (secondary N) is 2. The number of carboxylic acid groups (broad SMARTS) is 1. The monoisotopic (exact) mass is 297 g/mol. The van der Waals surface area contributed by atoms with Crippen LogP contribution >= 0.6 is 11.8 Å². The van der Waals surface area contributed by atoms with Crippen molar-refractivity contribution in [3.63, 3.8) is 0 Å². The van der Waals surface area contributed by atoms with E-state index in [1.807, 2.05) is 13.2 Å². The number of carbonyl (C=O) groups is 2. The Balaban J connectivity index is 2.51. The number of hydrogen-bond donors (Lipinski definition) is 3. The van der Waals surface area contributed by atoms with Gasteiger partial charge in [0.15, 0.2) is 0 Å². The molecule has 1 heterocycles. The molecule has 0 fully saturated rings. The van der Waals surface area contributed by atoms with Gasteiger partial charge in [-0.1, -0.05) is 0 Å². The number of carbonyl (C=O) groups excluding carboxylic acids is 1. The zero-order valence-corrected chi connectivity index (χ0v) is 12.3. The maximum atomic E-state index is 11.8. The Bertz CT molecular complexity index is 442. The van der Waals surface area contributed by atoms with E-state index in [-0.39, 0.29) is 6.04 Å². The summed E-state index contributed by atoms with van der Waals surface area (Å²) in [5.41, 5.74) is 0.908. The van der Waals surface area contributed by atoms with Gasteiger partial charge in [0.05, 0.1) is 6.04 Å². The van der Waals surface area contributed by atoms with E-state index in [0.29, 0.717) is 12.2 Å². The van der Waals surface area contributed by atoms with Gasteiger partial charge >= 0.3 is 12.0 Å². The standard InChI is InChI=1S/C13H19N3O3S/c1-9(10-3-6-14-7-4-10)15-13(19)16-11(12(17)18)5-8-20-2/h3-4,6-7,9,11H,5,8H2,1-2H3,(H,17,18)(H2,15,16,19)/t9?,11-/m1/s1. The predicted octanol–water partition coefficient (Wildman–Crippen LogP) is 1.65. The van der Waals surface area contributed by atoms with E-state index in [1.54, 1.807) is 36.3 Å². The lowest BCUT2D eigenvalue weighted by molar-refractivity contribution is -0.139. The van der Waals surface area contributed by atoms with Crippen LogP contribution in [0, 0.1) is 0 Å². The SMILES string of the molecule is CSCC[C@@H](NC(=O)NC(C)c1ccncc1)C(=O)O. The number of carboxylic acids is 1. The first-order valence-electron chi connectivity index (χ1n) is 6.23. The lowest BCUT2D eigenvalue weighted by Gasteiger charge is -2.18. The molecule has 7 heteroatoms. The van der Waals surface area contributed by atoms with Crippen LogP contribution in [0.3, 0.4) is 0 Å². The van der Waals surface area contributed by atoms with Crippen molar-refractivity contribution in [3.8, 4) is 0 Å². The number of amides is 2. The number of nitrogens with zero attached hydrogens (tertiary/aromatic N) is 1. The first-order valence-corrected chi connectivity index (χ1v) is 7.62. The predicted molar refractivity (Wildman–Crippen MR) is 78.7 cm³/mol. The van der Waals surface area contributed by atoms with Crippen LogP contribution in [0.2, 0.25) is 0 Å². The summed E-state index contributed by atoms with van der Waals surface area (Å²) >= 11 is 1.54. The summed E-state index contributed by atoms with van der Waals surface area (Å²) in [4.78, 5) is 26.7. The molecule has 1 unspecified atom stereocenters. The Hall–Kier alpha value is -1.76. The van der Waals surface area contributed by atoms with E-state index in [2.05, 4.69) is 15.6 Å². The molecule has 0 radical (unpaired) electrons. The number of rotatable bonds is 7. The quantitative estimate of drug-likeness (QED) is 0.712. The van der Waals surface area contributed by atoms with Crippen molar-refractivity contribution in [2.75, 3.05) is 12.0 Å². The molecule has 1 aromatic rings. The van der Waals surface area contributed by atoms with Crippen LogP contribution < -0.4 is 10.6 Å². The van der Waals surface area contributed by atoms with E-state index in [0.717, 1.165) is 5.56 Å². The van der Waals surface area contributed by atoms with Crippen LogP contribution in [0.5, 0.6) is 0 Å². The van der Waals surface area contributed by atoms with Crippen molar-refractivity contribution in [1.82, 2.24) is 15.6 Å². The van der Waals surface area contributed by atoms with Crippen LogP contribution in [-0.4, -0.2) is 40.1 Å². The minimum Gasteiger partial charge on any atom is -0.480 e. The number of aromatic nitrogens is 1. The maximum Gasteiger partial charge on any atom is 0.326 e. The molecule has 1 aromatic heterocycles. The van der Waals surface area contributed by atoms with Crippen molar-refractivity contribution < 1.29 is 14.7 Å². The third-order valence-corrected chi connectivity index (χ3v) is 3.41. The minimum absolute atomic E-state index is 0.215. The molecule has 0 saturated heterocycles. The van der Waals surface area contributed by atoms with Crippen LogP contribution in [-0.2, 0) is 4.79 Å². The Kier molecular flexibility index (Phi) is 6.86. The number of urea groups is 1. The molecular formula is C13H19N3O3S. The second kappa shape index (κ2) is 8.42. The molecule has 110 valence electrons. The first-order chi connectivity index (χ1) is 9.54. The summed E-state index contributed by atoms with van der Waals surface area (Å²) < 4.78 is 0. The van der Waals surface area contributed by atoms with Gasteiger partial charge in [-0.25, -0.2) is 9.59 Å². The van der Waals surface area contributed by atoms with Gasteiger partial charge in [-0.15, -0.1) is 0 Å².